The van der Waals surface area contributed by atoms with E-state index in [-0.39, 0.29) is 13.2 Å². The maximum absolute atomic E-state index is 11.9. The van der Waals surface area contributed by atoms with Gasteiger partial charge in [0.15, 0.2) is 0 Å². The van der Waals surface area contributed by atoms with E-state index >= 15 is 0 Å². The first-order valence-corrected chi connectivity index (χ1v) is 8.02. The highest BCUT2D eigenvalue weighted by Crippen LogP contribution is 2.12. The zero-order chi connectivity index (χ0) is 18.9. The van der Waals surface area contributed by atoms with Gasteiger partial charge in [0.25, 0.3) is 0 Å². The van der Waals surface area contributed by atoms with E-state index in [2.05, 4.69) is 10.6 Å². The molecule has 0 spiro atoms. The van der Waals surface area contributed by atoms with Gasteiger partial charge in [-0.2, -0.15) is 0 Å². The third-order valence-electron chi connectivity index (χ3n) is 3.45. The molecule has 0 saturated heterocycles. The third-order valence-corrected chi connectivity index (χ3v) is 3.45. The van der Waals surface area contributed by atoms with Crippen LogP contribution in [0.15, 0.2) is 48.5 Å². The zero-order valence-electron chi connectivity index (χ0n) is 14.6. The van der Waals surface area contributed by atoms with Gasteiger partial charge in [-0.1, -0.05) is 12.1 Å². The van der Waals surface area contributed by atoms with Gasteiger partial charge in [0.1, 0.15) is 5.75 Å². The standard InChI is InChI=1S/C19H20N2O5/c1-3-26-19(24)14-7-9-15(10-8-14)21-18(23)17(22)20-12-13-5-4-6-16(11-13)25-2/h4-11H,3,12H2,1-2H3,(H,20,22)(H,21,23). The second-order valence-corrected chi connectivity index (χ2v) is 5.29. The number of carbonyl (C=O) groups excluding carboxylic acids is 3. The molecule has 0 aliphatic heterocycles. The summed E-state index contributed by atoms with van der Waals surface area (Å²) >= 11 is 0. The summed E-state index contributed by atoms with van der Waals surface area (Å²) in [6.07, 6.45) is 0. The minimum atomic E-state index is -0.795. The molecule has 7 heteroatoms. The third kappa shape index (κ3) is 5.34. The van der Waals surface area contributed by atoms with Crippen LogP contribution in [0.5, 0.6) is 5.75 Å². The summed E-state index contributed by atoms with van der Waals surface area (Å²) in [4.78, 5) is 35.4. The van der Waals surface area contributed by atoms with Gasteiger partial charge in [-0.15, -0.1) is 0 Å². The number of esters is 1. The van der Waals surface area contributed by atoms with E-state index < -0.39 is 17.8 Å². The fourth-order valence-electron chi connectivity index (χ4n) is 2.14. The van der Waals surface area contributed by atoms with Crippen molar-refractivity contribution in [3.8, 4) is 5.75 Å². The Kier molecular flexibility index (Phi) is 6.73. The molecule has 0 radical (unpaired) electrons. The van der Waals surface area contributed by atoms with Crippen LogP contribution < -0.4 is 15.4 Å². The molecule has 0 aromatic heterocycles. The van der Waals surface area contributed by atoms with Gasteiger partial charge >= 0.3 is 17.8 Å². The molecule has 2 N–H and O–H groups in total. The normalized spacial score (nSPS) is 9.92. The number of benzene rings is 2. The van der Waals surface area contributed by atoms with Crippen LogP contribution in [0.3, 0.4) is 0 Å². The number of hydrogen-bond acceptors (Lipinski definition) is 5. The van der Waals surface area contributed by atoms with Crippen LogP contribution in [0.25, 0.3) is 0 Å². The maximum Gasteiger partial charge on any atom is 0.338 e. The topological polar surface area (TPSA) is 93.7 Å². The van der Waals surface area contributed by atoms with Crippen LogP contribution in [-0.2, 0) is 20.9 Å². The van der Waals surface area contributed by atoms with Crippen molar-refractivity contribution in [3.05, 3.63) is 59.7 Å². The second kappa shape index (κ2) is 9.22. The largest absolute Gasteiger partial charge is 0.497 e. The van der Waals surface area contributed by atoms with Crippen molar-refractivity contribution in [1.82, 2.24) is 5.32 Å². The molecule has 0 heterocycles. The smallest absolute Gasteiger partial charge is 0.338 e. The Labute approximate surface area is 151 Å². The fraction of sp³-hybridized carbons (Fsp3) is 0.211. The molecule has 0 unspecified atom stereocenters. The summed E-state index contributed by atoms with van der Waals surface area (Å²) in [5, 5.41) is 5.01. The fourth-order valence-corrected chi connectivity index (χ4v) is 2.14. The summed E-state index contributed by atoms with van der Waals surface area (Å²) in [6.45, 7) is 2.20. The van der Waals surface area contributed by atoms with Crippen molar-refractivity contribution >= 4 is 23.5 Å². The molecule has 7 nitrogen and oxygen atoms in total. The SMILES string of the molecule is CCOC(=O)c1ccc(NC(=O)C(=O)NCc2cccc(OC)c2)cc1. The van der Waals surface area contributed by atoms with Gasteiger partial charge in [0.2, 0.25) is 0 Å². The molecule has 0 atom stereocenters. The average molecular weight is 356 g/mol. The lowest BCUT2D eigenvalue weighted by molar-refractivity contribution is -0.136. The average Bonchev–Trinajstić information content (AvgIpc) is 2.67. The van der Waals surface area contributed by atoms with Crippen molar-refractivity contribution in [1.29, 1.82) is 0 Å². The molecule has 0 aliphatic rings. The van der Waals surface area contributed by atoms with E-state index in [4.69, 9.17) is 9.47 Å². The van der Waals surface area contributed by atoms with E-state index in [1.165, 1.54) is 24.3 Å². The van der Waals surface area contributed by atoms with Crippen LogP contribution in [0.2, 0.25) is 0 Å². The van der Waals surface area contributed by atoms with Crippen LogP contribution in [0.4, 0.5) is 5.69 Å². The Bertz CT molecular complexity index is 787. The number of nitrogens with one attached hydrogen (secondary N) is 2. The predicted molar refractivity (Wildman–Crippen MR) is 95.9 cm³/mol. The Morgan fingerprint density at radius 3 is 2.38 bits per heavy atom. The minimum absolute atomic E-state index is 0.200. The van der Waals surface area contributed by atoms with Crippen molar-refractivity contribution in [2.45, 2.75) is 13.5 Å². The first kappa shape index (κ1) is 19.0. The number of anilines is 1. The van der Waals surface area contributed by atoms with Gasteiger partial charge in [-0.3, -0.25) is 9.59 Å². The summed E-state index contributed by atoms with van der Waals surface area (Å²) in [7, 11) is 1.55. The molecule has 0 fully saturated rings. The monoisotopic (exact) mass is 356 g/mol. The van der Waals surface area contributed by atoms with Crippen LogP contribution in [-0.4, -0.2) is 31.5 Å². The predicted octanol–water partition coefficient (Wildman–Crippen LogP) is 2.13. The minimum Gasteiger partial charge on any atom is -0.497 e. The number of rotatable bonds is 6. The highest BCUT2D eigenvalue weighted by Gasteiger charge is 2.14. The van der Waals surface area contributed by atoms with E-state index in [1.54, 1.807) is 32.2 Å². The number of hydrogen-bond donors (Lipinski definition) is 2. The Morgan fingerprint density at radius 1 is 1.00 bits per heavy atom. The molecule has 2 rings (SSSR count). The first-order valence-electron chi connectivity index (χ1n) is 8.02. The highest BCUT2D eigenvalue weighted by atomic mass is 16.5. The second-order valence-electron chi connectivity index (χ2n) is 5.29. The number of ether oxygens (including phenoxy) is 2. The molecule has 136 valence electrons. The lowest BCUT2D eigenvalue weighted by Crippen LogP contribution is -2.34. The van der Waals surface area contributed by atoms with Crippen molar-refractivity contribution < 1.29 is 23.9 Å². The first-order chi connectivity index (χ1) is 12.5. The van der Waals surface area contributed by atoms with Crippen LogP contribution >= 0.6 is 0 Å². The van der Waals surface area contributed by atoms with Crippen molar-refractivity contribution in [2.75, 3.05) is 19.0 Å². The van der Waals surface area contributed by atoms with Crippen LogP contribution in [0.1, 0.15) is 22.8 Å². The summed E-state index contributed by atoms with van der Waals surface area (Å²) in [6, 6.07) is 13.3. The summed E-state index contributed by atoms with van der Waals surface area (Å²) in [5.41, 5.74) is 1.58. The summed E-state index contributed by atoms with van der Waals surface area (Å²) in [5.74, 6) is -1.33. The van der Waals surface area contributed by atoms with Gasteiger partial charge in [0, 0.05) is 12.2 Å². The van der Waals surface area contributed by atoms with E-state index in [0.29, 0.717) is 17.0 Å². The number of amides is 2. The molecule has 2 aromatic carbocycles. The number of methoxy groups -OCH3 is 1. The molecular formula is C19H20N2O5. The van der Waals surface area contributed by atoms with Crippen molar-refractivity contribution in [2.24, 2.45) is 0 Å². The van der Waals surface area contributed by atoms with E-state index in [0.717, 1.165) is 5.56 Å². The Balaban J connectivity index is 1.88. The highest BCUT2D eigenvalue weighted by molar-refractivity contribution is 6.39. The Morgan fingerprint density at radius 2 is 1.73 bits per heavy atom. The van der Waals surface area contributed by atoms with Gasteiger partial charge < -0.3 is 20.1 Å². The zero-order valence-corrected chi connectivity index (χ0v) is 14.6. The van der Waals surface area contributed by atoms with Gasteiger partial charge in [-0.05, 0) is 48.9 Å². The number of carbonyl (C=O) groups is 3. The molecule has 26 heavy (non-hydrogen) atoms. The van der Waals surface area contributed by atoms with E-state index in [1.807, 2.05) is 6.07 Å². The molecular weight excluding hydrogens is 336 g/mol. The van der Waals surface area contributed by atoms with Crippen molar-refractivity contribution in [3.63, 3.8) is 0 Å². The lowest BCUT2D eigenvalue weighted by atomic mass is 10.2. The molecule has 2 amide bonds. The van der Waals surface area contributed by atoms with Gasteiger partial charge in [-0.25, -0.2) is 4.79 Å². The van der Waals surface area contributed by atoms with Gasteiger partial charge in [0.05, 0.1) is 19.3 Å². The van der Waals surface area contributed by atoms with E-state index in [9.17, 15) is 14.4 Å². The molecule has 0 aliphatic carbocycles. The molecule has 2 aromatic rings. The lowest BCUT2D eigenvalue weighted by Gasteiger charge is -2.08. The Hall–Kier alpha value is -3.35. The van der Waals surface area contributed by atoms with Crippen LogP contribution in [0, 0.1) is 0 Å². The quantitative estimate of drug-likeness (QED) is 0.611. The molecule has 0 saturated carbocycles. The summed E-state index contributed by atoms with van der Waals surface area (Å²) < 4.78 is 9.98. The molecule has 0 bridgehead atoms. The maximum atomic E-state index is 11.9.